The Labute approximate surface area is 177 Å². The molecule has 2 bridgehead atoms. The first kappa shape index (κ1) is 18.9. The zero-order valence-corrected chi connectivity index (χ0v) is 22.7. The van der Waals surface area contributed by atoms with Crippen LogP contribution in [0.25, 0.3) is 0 Å². The van der Waals surface area contributed by atoms with E-state index in [-0.39, 0.29) is 12.2 Å². The van der Waals surface area contributed by atoms with Gasteiger partial charge in [-0.05, 0) is 95.4 Å². The Morgan fingerprint density at radius 2 is 0.897 bits per heavy atom. The molecule has 0 radical (unpaired) electrons. The number of ether oxygens (including phenoxy) is 1. The molecular formula is C22H30O3Si4. The first-order valence-electron chi connectivity index (χ1n) is 10.8. The van der Waals surface area contributed by atoms with Crippen molar-refractivity contribution in [1.29, 1.82) is 0 Å². The maximum atomic E-state index is 7.02. The zero-order chi connectivity index (χ0) is 20.7. The summed E-state index contributed by atoms with van der Waals surface area (Å²) in [5, 5.41) is 6.40. The molecule has 0 unspecified atom stereocenters. The summed E-state index contributed by atoms with van der Waals surface area (Å²) in [7, 11) is -7.97. The fourth-order valence-electron chi connectivity index (χ4n) is 6.99. The van der Waals surface area contributed by atoms with Crippen molar-refractivity contribution < 1.29 is 13.0 Å². The van der Waals surface area contributed by atoms with Gasteiger partial charge in [-0.15, -0.1) is 0 Å². The predicted molar refractivity (Wildman–Crippen MR) is 128 cm³/mol. The summed E-state index contributed by atoms with van der Waals surface area (Å²) in [6.07, 6.45) is 0.164. The third-order valence-electron chi connectivity index (χ3n) is 7.37. The molecule has 152 valence electrons. The van der Waals surface area contributed by atoms with Gasteiger partial charge >= 0.3 is 0 Å². The monoisotopic (exact) mass is 454 g/mol. The number of rotatable bonds is 0. The summed E-state index contributed by atoms with van der Waals surface area (Å²) in [5.74, 6) is 0. The van der Waals surface area contributed by atoms with Crippen LogP contribution in [0.1, 0.15) is 34.5 Å². The van der Waals surface area contributed by atoms with E-state index in [0.29, 0.717) is 0 Å². The number of hydrogen-bond donors (Lipinski definition) is 0. The SMILES string of the molecule is C[Si]1(C)O[Si](C)(C)c2c1c1c(c3c2[Si](C)(C)O[Si]3(C)C)[C@H]2O[C@@H]1c1ccccc12. The maximum Gasteiger partial charge on any atom is 0.206 e. The van der Waals surface area contributed by atoms with Crippen LogP contribution in [0, 0.1) is 0 Å². The minimum atomic E-state index is -2.00. The van der Waals surface area contributed by atoms with Gasteiger partial charge in [0, 0.05) is 0 Å². The molecule has 0 amide bonds. The lowest BCUT2D eigenvalue weighted by molar-refractivity contribution is 0.0863. The van der Waals surface area contributed by atoms with Gasteiger partial charge in [0.2, 0.25) is 33.3 Å². The van der Waals surface area contributed by atoms with Crippen molar-refractivity contribution in [3.8, 4) is 0 Å². The topological polar surface area (TPSA) is 27.7 Å². The van der Waals surface area contributed by atoms with Crippen molar-refractivity contribution in [1.82, 2.24) is 0 Å². The van der Waals surface area contributed by atoms with Crippen molar-refractivity contribution in [2.75, 3.05) is 0 Å². The fraction of sp³-hybridized carbons (Fsp3) is 0.455. The van der Waals surface area contributed by atoms with Crippen LogP contribution in [0.5, 0.6) is 0 Å². The van der Waals surface area contributed by atoms with E-state index in [1.807, 2.05) is 0 Å². The third-order valence-corrected chi connectivity index (χ3v) is 23.1. The third kappa shape index (κ3) is 2.12. The maximum absolute atomic E-state index is 7.02. The smallest absolute Gasteiger partial charge is 0.206 e. The molecule has 0 N–H and O–H groups in total. The molecule has 2 atom stereocenters. The van der Waals surface area contributed by atoms with Crippen molar-refractivity contribution in [3.05, 3.63) is 46.5 Å². The summed E-state index contributed by atoms with van der Waals surface area (Å²) in [5.41, 5.74) is 5.73. The average molecular weight is 455 g/mol. The first-order valence-corrected chi connectivity index (χ1v) is 22.4. The van der Waals surface area contributed by atoms with E-state index in [2.05, 4.69) is 76.6 Å². The molecule has 0 spiro atoms. The van der Waals surface area contributed by atoms with Crippen LogP contribution in [0.3, 0.4) is 0 Å². The van der Waals surface area contributed by atoms with Crippen LogP contribution < -0.4 is 20.7 Å². The molecule has 6 rings (SSSR count). The first-order chi connectivity index (χ1) is 13.4. The van der Waals surface area contributed by atoms with Gasteiger partial charge in [0.15, 0.2) is 0 Å². The van der Waals surface area contributed by atoms with Crippen LogP contribution in [-0.2, 0) is 13.0 Å². The van der Waals surface area contributed by atoms with E-state index in [4.69, 9.17) is 13.0 Å². The van der Waals surface area contributed by atoms with E-state index in [9.17, 15) is 0 Å². The summed E-state index contributed by atoms with van der Waals surface area (Å²) in [6.45, 7) is 19.3. The standard InChI is InChI=1S/C22H30O3Si4/c1-26(2)19-15-16(18-14-12-10-9-11-13(14)17(15)23-18)20-22(21(19)28(5,6)24-26)29(7,8)25-27(20,3)4/h9-12,17-18H,1-8H3/t17-,18+. The van der Waals surface area contributed by atoms with E-state index < -0.39 is 33.3 Å². The molecule has 4 heterocycles. The average Bonchev–Trinajstić information content (AvgIpc) is 3.24. The van der Waals surface area contributed by atoms with Crippen molar-refractivity contribution in [2.24, 2.45) is 0 Å². The highest BCUT2D eigenvalue weighted by Crippen LogP contribution is 2.54. The zero-order valence-electron chi connectivity index (χ0n) is 18.7. The second-order valence-corrected chi connectivity index (χ2v) is 26.8. The Bertz CT molecular complexity index is 1030. The highest BCUT2D eigenvalue weighted by Gasteiger charge is 2.61. The largest absolute Gasteiger partial charge is 0.449 e. The summed E-state index contributed by atoms with van der Waals surface area (Å²) in [6, 6.07) is 8.86. The Morgan fingerprint density at radius 1 is 0.552 bits per heavy atom. The van der Waals surface area contributed by atoms with E-state index in [1.165, 1.54) is 22.3 Å². The molecule has 2 aromatic rings. The molecule has 4 aliphatic heterocycles. The van der Waals surface area contributed by atoms with Crippen LogP contribution in [0.4, 0.5) is 0 Å². The minimum Gasteiger partial charge on any atom is -0.449 e. The molecule has 0 saturated heterocycles. The van der Waals surface area contributed by atoms with Gasteiger partial charge in [-0.2, -0.15) is 0 Å². The summed E-state index contributed by atoms with van der Waals surface area (Å²) >= 11 is 0. The van der Waals surface area contributed by atoms with Crippen LogP contribution >= 0.6 is 0 Å². The molecule has 0 saturated carbocycles. The predicted octanol–water partition coefficient (Wildman–Crippen LogP) is 2.92. The van der Waals surface area contributed by atoms with Gasteiger partial charge in [-0.1, -0.05) is 24.3 Å². The van der Waals surface area contributed by atoms with Crippen molar-refractivity contribution >= 4 is 54.0 Å². The summed E-state index contributed by atoms with van der Waals surface area (Å²) in [4.78, 5) is 0. The van der Waals surface area contributed by atoms with Gasteiger partial charge in [0.05, 0.1) is 0 Å². The lowest BCUT2D eigenvalue weighted by Gasteiger charge is -2.29. The quantitative estimate of drug-likeness (QED) is 0.573. The normalized spacial score (nSPS) is 30.1. The van der Waals surface area contributed by atoms with Crippen LogP contribution in [-0.4, -0.2) is 33.3 Å². The number of hydrogen-bond acceptors (Lipinski definition) is 3. The molecule has 7 heteroatoms. The summed E-state index contributed by atoms with van der Waals surface area (Å²) < 4.78 is 20.8. The van der Waals surface area contributed by atoms with Gasteiger partial charge in [0.25, 0.3) is 0 Å². The van der Waals surface area contributed by atoms with E-state index in [0.717, 1.165) is 0 Å². The lowest BCUT2D eigenvalue weighted by Crippen LogP contribution is -2.65. The Balaban J connectivity index is 1.81. The molecule has 0 aliphatic carbocycles. The Kier molecular flexibility index (Phi) is 3.36. The van der Waals surface area contributed by atoms with Gasteiger partial charge in [0.1, 0.15) is 12.2 Å². The van der Waals surface area contributed by atoms with Crippen LogP contribution in [0.15, 0.2) is 24.3 Å². The van der Waals surface area contributed by atoms with Crippen LogP contribution in [0.2, 0.25) is 52.4 Å². The molecule has 4 aliphatic rings. The van der Waals surface area contributed by atoms with Crippen molar-refractivity contribution in [3.63, 3.8) is 0 Å². The second kappa shape index (κ2) is 5.15. The van der Waals surface area contributed by atoms with E-state index >= 15 is 0 Å². The highest BCUT2D eigenvalue weighted by atomic mass is 28.4. The Hall–Kier alpha value is -0.812. The van der Waals surface area contributed by atoms with Gasteiger partial charge < -0.3 is 13.0 Å². The highest BCUT2D eigenvalue weighted by molar-refractivity contribution is 7.14. The molecular weight excluding hydrogens is 425 g/mol. The molecule has 3 nitrogen and oxygen atoms in total. The Morgan fingerprint density at radius 3 is 1.28 bits per heavy atom. The van der Waals surface area contributed by atoms with Crippen molar-refractivity contribution in [2.45, 2.75) is 64.6 Å². The van der Waals surface area contributed by atoms with Gasteiger partial charge in [-0.25, -0.2) is 0 Å². The van der Waals surface area contributed by atoms with Gasteiger partial charge in [-0.3, -0.25) is 0 Å². The minimum absolute atomic E-state index is 0.0821. The molecule has 0 aromatic heterocycles. The van der Waals surface area contributed by atoms with E-state index in [1.54, 1.807) is 20.7 Å². The lowest BCUT2D eigenvalue weighted by atomic mass is 9.86. The fourth-order valence-corrected chi connectivity index (χ4v) is 30.7. The molecule has 2 aromatic carbocycles. The molecule has 29 heavy (non-hydrogen) atoms. The number of fused-ring (bicyclic) bond motifs is 13. The number of benzene rings is 2. The molecule has 0 fully saturated rings. The second-order valence-electron chi connectivity index (χ2n) is 11.1.